The van der Waals surface area contributed by atoms with Crippen LogP contribution in [0.5, 0.6) is 0 Å². The van der Waals surface area contributed by atoms with Crippen LogP contribution < -0.4 is 10.6 Å². The van der Waals surface area contributed by atoms with Gasteiger partial charge in [0.05, 0.1) is 0 Å². The Morgan fingerprint density at radius 2 is 1.91 bits per heavy atom. The molecule has 0 fully saturated rings. The summed E-state index contributed by atoms with van der Waals surface area (Å²) < 4.78 is 4.78. The topological polar surface area (TPSA) is 100 Å². The Hall–Kier alpha value is -3.09. The number of rotatable bonds is 4. The van der Waals surface area contributed by atoms with Gasteiger partial charge >= 0.3 is 12.0 Å². The Labute approximate surface area is 133 Å². The van der Waals surface area contributed by atoms with Crippen LogP contribution in [0.25, 0.3) is 0 Å². The van der Waals surface area contributed by atoms with Crippen molar-refractivity contribution in [2.75, 3.05) is 11.9 Å². The summed E-state index contributed by atoms with van der Waals surface area (Å²) in [6.07, 6.45) is 1.56. The van der Waals surface area contributed by atoms with Gasteiger partial charge in [0.1, 0.15) is 5.69 Å². The maximum Gasteiger partial charge on any atom is 0.355 e. The molecule has 7 nitrogen and oxygen atoms in total. The fourth-order valence-corrected chi connectivity index (χ4v) is 1.87. The molecule has 120 valence electrons. The van der Waals surface area contributed by atoms with Gasteiger partial charge in [-0.15, -0.1) is 0 Å². The zero-order valence-electron chi connectivity index (χ0n) is 12.8. The van der Waals surface area contributed by atoms with Gasteiger partial charge in [0, 0.05) is 11.9 Å². The highest BCUT2D eigenvalue weighted by Crippen LogP contribution is 2.17. The average Bonchev–Trinajstić information content (AvgIpc) is 3.04. The van der Waals surface area contributed by atoms with E-state index in [1.165, 1.54) is 6.07 Å². The normalized spacial score (nSPS) is 10.0. The average molecular weight is 315 g/mol. The summed E-state index contributed by atoms with van der Waals surface area (Å²) in [5, 5.41) is 4.68. The standard InChI is InChI=1S/C16H17N3O4/c1-10-5-3-6-12(11(10)2)18-16(22)19-14(20)9-23-15(21)13-7-4-8-17-13/h3-8,17H,9H2,1-2H3,(H2,18,19,20,22). The second-order valence-electron chi connectivity index (χ2n) is 4.91. The summed E-state index contributed by atoms with van der Waals surface area (Å²) in [7, 11) is 0. The molecule has 3 N–H and O–H groups in total. The summed E-state index contributed by atoms with van der Waals surface area (Å²) in [5.74, 6) is -1.38. The van der Waals surface area contributed by atoms with Crippen LogP contribution in [0.15, 0.2) is 36.5 Å². The summed E-state index contributed by atoms with van der Waals surface area (Å²) in [6, 6.07) is 7.93. The Morgan fingerprint density at radius 3 is 2.61 bits per heavy atom. The number of nitrogens with one attached hydrogen (secondary N) is 3. The SMILES string of the molecule is Cc1cccc(NC(=O)NC(=O)COC(=O)c2ccc[nH]2)c1C. The van der Waals surface area contributed by atoms with E-state index in [-0.39, 0.29) is 5.69 Å². The molecule has 1 aromatic carbocycles. The molecule has 2 rings (SSSR count). The number of anilines is 1. The van der Waals surface area contributed by atoms with E-state index in [1.807, 2.05) is 19.9 Å². The first-order valence-corrected chi connectivity index (χ1v) is 6.95. The van der Waals surface area contributed by atoms with Crippen molar-refractivity contribution >= 4 is 23.6 Å². The molecule has 0 aliphatic carbocycles. The van der Waals surface area contributed by atoms with E-state index in [0.717, 1.165) is 11.1 Å². The Kier molecular flexibility index (Phi) is 5.14. The first-order chi connectivity index (χ1) is 11.0. The number of aryl methyl sites for hydroxylation is 1. The molecule has 7 heteroatoms. The van der Waals surface area contributed by atoms with Crippen LogP contribution >= 0.6 is 0 Å². The van der Waals surface area contributed by atoms with E-state index in [0.29, 0.717) is 5.69 Å². The number of ether oxygens (including phenoxy) is 1. The number of esters is 1. The first-order valence-electron chi connectivity index (χ1n) is 6.95. The summed E-state index contributed by atoms with van der Waals surface area (Å²) in [5.41, 5.74) is 2.78. The van der Waals surface area contributed by atoms with Crippen LogP contribution in [0.3, 0.4) is 0 Å². The number of hydrogen-bond acceptors (Lipinski definition) is 4. The zero-order valence-corrected chi connectivity index (χ0v) is 12.8. The van der Waals surface area contributed by atoms with Crippen molar-refractivity contribution in [3.8, 4) is 0 Å². The van der Waals surface area contributed by atoms with Crippen LogP contribution in [0.1, 0.15) is 21.6 Å². The number of imide groups is 1. The van der Waals surface area contributed by atoms with Gasteiger partial charge in [0.2, 0.25) is 0 Å². The van der Waals surface area contributed by atoms with Crippen molar-refractivity contribution in [3.05, 3.63) is 53.3 Å². The number of aromatic nitrogens is 1. The summed E-state index contributed by atoms with van der Waals surface area (Å²) in [6.45, 7) is 3.24. The molecule has 2 aromatic rings. The molecule has 0 saturated heterocycles. The summed E-state index contributed by atoms with van der Waals surface area (Å²) >= 11 is 0. The molecule has 0 spiro atoms. The molecule has 23 heavy (non-hydrogen) atoms. The van der Waals surface area contributed by atoms with Gasteiger partial charge in [-0.1, -0.05) is 12.1 Å². The second kappa shape index (κ2) is 7.26. The fourth-order valence-electron chi connectivity index (χ4n) is 1.87. The van der Waals surface area contributed by atoms with Gasteiger partial charge < -0.3 is 15.0 Å². The number of urea groups is 1. The molecular formula is C16H17N3O4. The number of H-pyrrole nitrogens is 1. The van der Waals surface area contributed by atoms with Crippen molar-refractivity contribution in [2.45, 2.75) is 13.8 Å². The third-order valence-electron chi connectivity index (χ3n) is 3.26. The van der Waals surface area contributed by atoms with Crippen LogP contribution in [-0.2, 0) is 9.53 Å². The van der Waals surface area contributed by atoms with E-state index in [4.69, 9.17) is 4.74 Å². The number of carbonyl (C=O) groups excluding carboxylic acids is 3. The Bertz CT molecular complexity index is 723. The van der Waals surface area contributed by atoms with Gasteiger partial charge in [-0.3, -0.25) is 10.1 Å². The third-order valence-corrected chi connectivity index (χ3v) is 3.26. The van der Waals surface area contributed by atoms with E-state index in [1.54, 1.807) is 24.4 Å². The molecule has 0 unspecified atom stereocenters. The molecular weight excluding hydrogens is 298 g/mol. The summed E-state index contributed by atoms with van der Waals surface area (Å²) in [4.78, 5) is 37.6. The van der Waals surface area contributed by atoms with E-state index >= 15 is 0 Å². The van der Waals surface area contributed by atoms with Gasteiger partial charge in [-0.2, -0.15) is 0 Å². The van der Waals surface area contributed by atoms with Gasteiger partial charge in [0.15, 0.2) is 6.61 Å². The monoisotopic (exact) mass is 315 g/mol. The predicted molar refractivity (Wildman–Crippen MR) is 84.2 cm³/mol. The molecule has 0 radical (unpaired) electrons. The quantitative estimate of drug-likeness (QED) is 0.752. The van der Waals surface area contributed by atoms with Crippen LogP contribution in [0.2, 0.25) is 0 Å². The first kappa shape index (κ1) is 16.3. The fraction of sp³-hybridized carbons (Fsp3) is 0.188. The zero-order chi connectivity index (χ0) is 16.8. The predicted octanol–water partition coefficient (Wildman–Crippen LogP) is 2.14. The van der Waals surface area contributed by atoms with Gasteiger partial charge in [-0.25, -0.2) is 9.59 Å². The van der Waals surface area contributed by atoms with Crippen LogP contribution in [0.4, 0.5) is 10.5 Å². The van der Waals surface area contributed by atoms with E-state index in [2.05, 4.69) is 15.6 Å². The largest absolute Gasteiger partial charge is 0.451 e. The molecule has 1 heterocycles. The van der Waals surface area contributed by atoms with Gasteiger partial charge in [0.25, 0.3) is 5.91 Å². The lowest BCUT2D eigenvalue weighted by molar-refractivity contribution is -0.123. The Morgan fingerprint density at radius 1 is 1.13 bits per heavy atom. The van der Waals surface area contributed by atoms with E-state index < -0.39 is 24.5 Å². The molecule has 0 bridgehead atoms. The minimum absolute atomic E-state index is 0.234. The number of aromatic amines is 1. The van der Waals surface area contributed by atoms with Crippen molar-refractivity contribution in [1.82, 2.24) is 10.3 Å². The Balaban J connectivity index is 1.82. The van der Waals surface area contributed by atoms with Crippen molar-refractivity contribution in [1.29, 1.82) is 0 Å². The maximum atomic E-state index is 11.8. The van der Waals surface area contributed by atoms with Gasteiger partial charge in [-0.05, 0) is 43.2 Å². The smallest absolute Gasteiger partial charge is 0.355 e. The highest BCUT2D eigenvalue weighted by atomic mass is 16.5. The van der Waals surface area contributed by atoms with Crippen LogP contribution in [-0.4, -0.2) is 29.5 Å². The lowest BCUT2D eigenvalue weighted by atomic mass is 10.1. The number of amides is 3. The number of benzene rings is 1. The minimum Gasteiger partial charge on any atom is -0.451 e. The molecule has 0 atom stereocenters. The number of carbonyl (C=O) groups is 3. The molecule has 1 aromatic heterocycles. The van der Waals surface area contributed by atoms with Crippen molar-refractivity contribution in [3.63, 3.8) is 0 Å². The number of hydrogen-bond donors (Lipinski definition) is 3. The molecule has 0 saturated carbocycles. The molecule has 0 aliphatic heterocycles. The second-order valence-corrected chi connectivity index (χ2v) is 4.91. The lowest BCUT2D eigenvalue weighted by Gasteiger charge is -2.10. The molecule has 0 aliphatic rings. The maximum absolute atomic E-state index is 11.8. The molecule has 3 amide bonds. The lowest BCUT2D eigenvalue weighted by Crippen LogP contribution is -2.37. The highest BCUT2D eigenvalue weighted by molar-refractivity contribution is 6.02. The third kappa shape index (κ3) is 4.44. The minimum atomic E-state index is -0.715. The van der Waals surface area contributed by atoms with Crippen molar-refractivity contribution in [2.24, 2.45) is 0 Å². The van der Waals surface area contributed by atoms with Crippen molar-refractivity contribution < 1.29 is 19.1 Å². The van der Waals surface area contributed by atoms with Crippen LogP contribution in [0, 0.1) is 13.8 Å². The highest BCUT2D eigenvalue weighted by Gasteiger charge is 2.13. The van der Waals surface area contributed by atoms with E-state index in [9.17, 15) is 14.4 Å².